The average molecular weight is 134 g/mol. The average Bonchev–Trinajstić information content (AvgIpc) is 1.95. The van der Waals surface area contributed by atoms with Crippen LogP contribution in [0.15, 0.2) is 36.0 Å². The number of rotatable bonds is 1. The maximum absolute atomic E-state index is 2.28. The maximum atomic E-state index is 2.28. The summed E-state index contributed by atoms with van der Waals surface area (Å²) in [5, 5.41) is 0. The molecule has 0 radical (unpaired) electrons. The minimum absolute atomic E-state index is 0.647. The predicted octanol–water partition coefficient (Wildman–Crippen LogP) is 3.08. The van der Waals surface area contributed by atoms with Crippen molar-refractivity contribution in [1.82, 2.24) is 0 Å². The normalized spacial score (nSPS) is 25.4. The largest absolute Gasteiger partial charge is 0.0911 e. The highest BCUT2D eigenvalue weighted by atomic mass is 14.1. The highest BCUT2D eigenvalue weighted by Gasteiger charge is 2.00. The Hall–Kier alpha value is -0.780. The van der Waals surface area contributed by atoms with Crippen molar-refractivity contribution >= 4 is 0 Å². The fourth-order valence-electron chi connectivity index (χ4n) is 1.13. The van der Waals surface area contributed by atoms with E-state index in [9.17, 15) is 0 Å². The molecule has 0 aromatic heterocycles. The van der Waals surface area contributed by atoms with Crippen LogP contribution in [0.4, 0.5) is 0 Å². The van der Waals surface area contributed by atoms with E-state index in [0.717, 1.165) is 0 Å². The van der Waals surface area contributed by atoms with Gasteiger partial charge in [0.2, 0.25) is 0 Å². The van der Waals surface area contributed by atoms with Gasteiger partial charge in [-0.3, -0.25) is 0 Å². The third-order valence-electron chi connectivity index (χ3n) is 1.76. The van der Waals surface area contributed by atoms with E-state index in [2.05, 4.69) is 44.2 Å². The van der Waals surface area contributed by atoms with Crippen molar-refractivity contribution in [2.45, 2.75) is 20.3 Å². The number of hydrogen-bond donors (Lipinski definition) is 0. The molecule has 1 aliphatic rings. The topological polar surface area (TPSA) is 0 Å². The van der Waals surface area contributed by atoms with Crippen molar-refractivity contribution in [1.29, 1.82) is 0 Å². The van der Waals surface area contributed by atoms with Crippen LogP contribution in [-0.2, 0) is 0 Å². The molecule has 0 spiro atoms. The van der Waals surface area contributed by atoms with E-state index in [1.165, 1.54) is 12.0 Å². The standard InChI is InChI=1S/C10H14/c1-3-4-10-7-5-9(2)6-8-10/h3-7,10H,8H2,1-2H3. The Morgan fingerprint density at radius 2 is 2.40 bits per heavy atom. The van der Waals surface area contributed by atoms with Crippen molar-refractivity contribution in [3.8, 4) is 0 Å². The van der Waals surface area contributed by atoms with Gasteiger partial charge in [0, 0.05) is 0 Å². The molecule has 0 heteroatoms. The summed E-state index contributed by atoms with van der Waals surface area (Å²) in [7, 11) is 0. The Balaban J connectivity index is 2.52. The fourth-order valence-corrected chi connectivity index (χ4v) is 1.13. The van der Waals surface area contributed by atoms with E-state index in [0.29, 0.717) is 5.92 Å². The van der Waals surface area contributed by atoms with Gasteiger partial charge < -0.3 is 0 Å². The summed E-state index contributed by atoms with van der Waals surface area (Å²) < 4.78 is 0. The van der Waals surface area contributed by atoms with Gasteiger partial charge in [-0.05, 0) is 26.2 Å². The summed E-state index contributed by atoms with van der Waals surface area (Å²) in [6.07, 6.45) is 12.3. The molecule has 1 aliphatic carbocycles. The van der Waals surface area contributed by atoms with E-state index in [1.807, 2.05) is 0 Å². The zero-order chi connectivity index (χ0) is 7.40. The van der Waals surface area contributed by atoms with E-state index in [-0.39, 0.29) is 0 Å². The van der Waals surface area contributed by atoms with Gasteiger partial charge in [-0.2, -0.15) is 0 Å². The lowest BCUT2D eigenvalue weighted by atomic mass is 9.97. The second-order valence-corrected chi connectivity index (χ2v) is 2.73. The molecule has 0 saturated heterocycles. The maximum Gasteiger partial charge on any atom is -0.00157 e. The lowest BCUT2D eigenvalue weighted by Crippen LogP contribution is -1.93. The first-order valence-corrected chi connectivity index (χ1v) is 3.80. The van der Waals surface area contributed by atoms with Crippen molar-refractivity contribution in [3.63, 3.8) is 0 Å². The molecule has 0 heterocycles. The lowest BCUT2D eigenvalue weighted by Gasteiger charge is -2.08. The third kappa shape index (κ3) is 1.87. The second-order valence-electron chi connectivity index (χ2n) is 2.73. The van der Waals surface area contributed by atoms with E-state index in [4.69, 9.17) is 0 Å². The first-order chi connectivity index (χ1) is 4.83. The lowest BCUT2D eigenvalue weighted by molar-refractivity contribution is 0.812. The summed E-state index contributed by atoms with van der Waals surface area (Å²) in [6, 6.07) is 0. The van der Waals surface area contributed by atoms with Crippen LogP contribution in [0.1, 0.15) is 20.3 Å². The van der Waals surface area contributed by atoms with Gasteiger partial charge in [0.25, 0.3) is 0 Å². The summed E-state index contributed by atoms with van der Waals surface area (Å²) in [6.45, 7) is 4.21. The molecule has 1 unspecified atom stereocenters. The van der Waals surface area contributed by atoms with E-state index < -0.39 is 0 Å². The first-order valence-electron chi connectivity index (χ1n) is 3.80. The Kier molecular flexibility index (Phi) is 2.49. The molecule has 0 N–H and O–H groups in total. The molecule has 1 rings (SSSR count). The van der Waals surface area contributed by atoms with Gasteiger partial charge in [0.05, 0.1) is 0 Å². The molecular formula is C10H14. The van der Waals surface area contributed by atoms with Crippen molar-refractivity contribution < 1.29 is 0 Å². The molecule has 0 saturated carbocycles. The van der Waals surface area contributed by atoms with Crippen LogP contribution in [0.25, 0.3) is 0 Å². The number of hydrogen-bond acceptors (Lipinski definition) is 0. The van der Waals surface area contributed by atoms with Crippen LogP contribution in [0, 0.1) is 5.92 Å². The number of allylic oxidation sites excluding steroid dienone is 6. The molecular weight excluding hydrogens is 120 g/mol. The molecule has 10 heavy (non-hydrogen) atoms. The highest BCUT2D eigenvalue weighted by molar-refractivity contribution is 5.23. The van der Waals surface area contributed by atoms with Gasteiger partial charge in [-0.25, -0.2) is 0 Å². The van der Waals surface area contributed by atoms with Gasteiger partial charge in [-0.1, -0.05) is 36.0 Å². The minimum Gasteiger partial charge on any atom is -0.0911 e. The molecule has 0 nitrogen and oxygen atoms in total. The van der Waals surface area contributed by atoms with Crippen LogP contribution in [0.5, 0.6) is 0 Å². The Morgan fingerprint density at radius 3 is 2.90 bits per heavy atom. The second kappa shape index (κ2) is 3.40. The fraction of sp³-hybridized carbons (Fsp3) is 0.400. The summed E-state index contributed by atoms with van der Waals surface area (Å²) >= 11 is 0. The molecule has 0 aromatic carbocycles. The molecule has 0 fully saturated rings. The van der Waals surface area contributed by atoms with E-state index >= 15 is 0 Å². The monoisotopic (exact) mass is 134 g/mol. The molecule has 54 valence electrons. The van der Waals surface area contributed by atoms with Crippen molar-refractivity contribution in [2.24, 2.45) is 5.92 Å². The van der Waals surface area contributed by atoms with E-state index in [1.54, 1.807) is 0 Å². The molecule has 0 aliphatic heterocycles. The third-order valence-corrected chi connectivity index (χ3v) is 1.76. The van der Waals surface area contributed by atoms with Crippen molar-refractivity contribution in [2.75, 3.05) is 0 Å². The van der Waals surface area contributed by atoms with Gasteiger partial charge >= 0.3 is 0 Å². The van der Waals surface area contributed by atoms with Crippen molar-refractivity contribution in [3.05, 3.63) is 36.0 Å². The van der Waals surface area contributed by atoms with Gasteiger partial charge in [0.1, 0.15) is 0 Å². The highest BCUT2D eigenvalue weighted by Crippen LogP contribution is 2.16. The zero-order valence-electron chi connectivity index (χ0n) is 6.67. The van der Waals surface area contributed by atoms with Crippen LogP contribution in [0.2, 0.25) is 0 Å². The van der Waals surface area contributed by atoms with Crippen LogP contribution in [-0.4, -0.2) is 0 Å². The summed E-state index contributed by atoms with van der Waals surface area (Å²) in [4.78, 5) is 0. The molecule has 0 aromatic rings. The van der Waals surface area contributed by atoms with Gasteiger partial charge in [-0.15, -0.1) is 0 Å². The predicted molar refractivity (Wildman–Crippen MR) is 45.8 cm³/mol. The van der Waals surface area contributed by atoms with Gasteiger partial charge in [0.15, 0.2) is 0 Å². The van der Waals surface area contributed by atoms with Crippen LogP contribution in [0.3, 0.4) is 0 Å². The smallest absolute Gasteiger partial charge is 0.00157 e. The Morgan fingerprint density at radius 1 is 1.60 bits per heavy atom. The first kappa shape index (κ1) is 7.33. The molecule has 0 bridgehead atoms. The van der Waals surface area contributed by atoms with Crippen LogP contribution >= 0.6 is 0 Å². The van der Waals surface area contributed by atoms with Crippen LogP contribution < -0.4 is 0 Å². The minimum atomic E-state index is 0.647. The SMILES string of the molecule is CC=CC1C=CC(C)=CC1. The Bertz CT molecular complexity index is 182. The Labute approximate surface area is 62.9 Å². The zero-order valence-corrected chi connectivity index (χ0v) is 6.67. The molecule has 1 atom stereocenters. The summed E-state index contributed by atoms with van der Waals surface area (Å²) in [5.41, 5.74) is 1.39. The summed E-state index contributed by atoms with van der Waals surface area (Å²) in [5.74, 6) is 0.647. The quantitative estimate of drug-likeness (QED) is 0.483. The molecule has 0 amide bonds.